The van der Waals surface area contributed by atoms with Crippen molar-refractivity contribution in [1.29, 1.82) is 0 Å². The molecule has 0 aromatic heterocycles. The van der Waals surface area contributed by atoms with Gasteiger partial charge in [0.05, 0.1) is 0 Å². The first-order valence-electron chi connectivity index (χ1n) is 3.36. The summed E-state index contributed by atoms with van der Waals surface area (Å²) >= 11 is 16.6. The average molecular weight is 276 g/mol. The molecular formula is C7H5Cl3O3S. The minimum atomic E-state index is -4.60. The van der Waals surface area contributed by atoms with E-state index in [0.717, 1.165) is 0 Å². The Morgan fingerprint density at radius 1 is 1.29 bits per heavy atom. The van der Waals surface area contributed by atoms with Gasteiger partial charge in [-0.1, -0.05) is 46.9 Å². The second kappa shape index (κ2) is 3.87. The fourth-order valence-corrected chi connectivity index (χ4v) is 1.67. The van der Waals surface area contributed by atoms with Gasteiger partial charge in [-0.15, -0.1) is 0 Å². The van der Waals surface area contributed by atoms with E-state index in [2.05, 4.69) is 0 Å². The van der Waals surface area contributed by atoms with Crippen molar-refractivity contribution >= 4 is 44.9 Å². The van der Waals surface area contributed by atoms with Gasteiger partial charge in [0.2, 0.25) is 0 Å². The maximum absolute atomic E-state index is 10.8. The van der Waals surface area contributed by atoms with Gasteiger partial charge in [-0.2, -0.15) is 8.42 Å². The predicted octanol–water partition coefficient (Wildman–Crippen LogP) is 2.82. The second-order valence-electron chi connectivity index (χ2n) is 2.50. The van der Waals surface area contributed by atoms with Gasteiger partial charge in [-0.25, -0.2) is 0 Å². The molecule has 0 saturated carbocycles. The number of alkyl halides is 2. The number of rotatable bonds is 2. The summed E-state index contributed by atoms with van der Waals surface area (Å²) < 4.78 is 28.0. The molecule has 0 heterocycles. The highest BCUT2D eigenvalue weighted by molar-refractivity contribution is 7.89. The molecule has 1 N–H and O–H groups in total. The van der Waals surface area contributed by atoms with E-state index >= 15 is 0 Å². The van der Waals surface area contributed by atoms with Crippen LogP contribution in [0.3, 0.4) is 0 Å². The number of hydrogen-bond acceptors (Lipinski definition) is 2. The van der Waals surface area contributed by atoms with Gasteiger partial charge in [-0.3, -0.25) is 4.55 Å². The summed E-state index contributed by atoms with van der Waals surface area (Å²) in [7, 11) is -4.60. The summed E-state index contributed by atoms with van der Waals surface area (Å²) in [6.07, 6.45) is 0. The van der Waals surface area contributed by atoms with Gasteiger partial charge >= 0.3 is 10.1 Å². The Labute approximate surface area is 96.3 Å². The van der Waals surface area contributed by atoms with Crippen LogP contribution in [0.25, 0.3) is 0 Å². The summed E-state index contributed by atoms with van der Waals surface area (Å²) in [5.41, 5.74) is -0.00386. The molecule has 14 heavy (non-hydrogen) atoms. The lowest BCUT2D eigenvalue weighted by Crippen LogP contribution is -2.22. The third kappa shape index (κ3) is 2.32. The van der Waals surface area contributed by atoms with Crippen LogP contribution in [0.5, 0.6) is 0 Å². The molecule has 0 fully saturated rings. The predicted molar refractivity (Wildman–Crippen MR) is 56.4 cm³/mol. The number of hydrogen-bond donors (Lipinski definition) is 1. The van der Waals surface area contributed by atoms with Crippen molar-refractivity contribution in [2.75, 3.05) is 0 Å². The third-order valence-electron chi connectivity index (χ3n) is 1.48. The maximum atomic E-state index is 10.8. The number of benzene rings is 1. The largest absolute Gasteiger partial charge is 0.303 e. The molecule has 0 aliphatic rings. The average Bonchev–Trinajstić information content (AvgIpc) is 2.02. The second-order valence-corrected chi connectivity index (χ2v) is 6.28. The zero-order chi connectivity index (χ0) is 11.0. The van der Waals surface area contributed by atoms with E-state index in [0.29, 0.717) is 0 Å². The van der Waals surface area contributed by atoms with Crippen molar-refractivity contribution in [1.82, 2.24) is 0 Å². The van der Waals surface area contributed by atoms with Gasteiger partial charge in [0.25, 0.3) is 3.67 Å². The van der Waals surface area contributed by atoms with Crippen LogP contribution < -0.4 is 0 Å². The van der Waals surface area contributed by atoms with Gasteiger partial charge in [0.15, 0.2) is 0 Å². The Morgan fingerprint density at radius 2 is 1.86 bits per heavy atom. The molecule has 0 saturated heterocycles. The normalized spacial score (nSPS) is 12.9. The van der Waals surface area contributed by atoms with Crippen molar-refractivity contribution in [3.05, 3.63) is 34.9 Å². The lowest BCUT2D eigenvalue weighted by atomic mass is 10.2. The lowest BCUT2D eigenvalue weighted by Gasteiger charge is -2.16. The molecule has 0 radical (unpaired) electrons. The summed E-state index contributed by atoms with van der Waals surface area (Å²) in [6, 6.07) is 5.61. The molecule has 0 atom stereocenters. The molecular weight excluding hydrogens is 270 g/mol. The molecule has 0 spiro atoms. The molecule has 78 valence electrons. The standard InChI is InChI=1S/C7H5Cl3O3S/c8-6-3-1-2-5(4-6)7(9,10)14(11,12)13/h1-4H,(H,11,12,13). The van der Waals surface area contributed by atoms with E-state index in [4.69, 9.17) is 39.4 Å². The van der Waals surface area contributed by atoms with E-state index in [-0.39, 0.29) is 10.6 Å². The molecule has 0 aliphatic carbocycles. The molecule has 1 aromatic rings. The van der Waals surface area contributed by atoms with Crippen LogP contribution in [-0.2, 0) is 13.8 Å². The van der Waals surface area contributed by atoms with E-state index in [1.807, 2.05) is 0 Å². The highest BCUT2D eigenvalue weighted by Crippen LogP contribution is 2.39. The fourth-order valence-electron chi connectivity index (χ4n) is 0.818. The van der Waals surface area contributed by atoms with Crippen molar-refractivity contribution in [2.45, 2.75) is 3.67 Å². The SMILES string of the molecule is O=S(=O)(O)C(Cl)(Cl)c1cccc(Cl)c1. The van der Waals surface area contributed by atoms with E-state index < -0.39 is 13.8 Å². The maximum Gasteiger partial charge on any atom is 0.303 e. The Bertz CT molecular complexity index is 441. The van der Waals surface area contributed by atoms with Crippen LogP contribution >= 0.6 is 34.8 Å². The molecule has 0 bridgehead atoms. The van der Waals surface area contributed by atoms with Crippen molar-refractivity contribution in [3.63, 3.8) is 0 Å². The minimum Gasteiger partial charge on any atom is -0.283 e. The quantitative estimate of drug-likeness (QED) is 0.667. The minimum absolute atomic E-state index is 0.00386. The molecule has 0 unspecified atom stereocenters. The topological polar surface area (TPSA) is 54.4 Å². The molecule has 0 aliphatic heterocycles. The summed E-state index contributed by atoms with van der Waals surface area (Å²) in [5, 5.41) is 0.275. The Kier molecular flexibility index (Phi) is 3.33. The molecule has 3 nitrogen and oxygen atoms in total. The molecule has 0 amide bonds. The monoisotopic (exact) mass is 274 g/mol. The number of halogens is 3. The van der Waals surface area contributed by atoms with Crippen LogP contribution in [0.4, 0.5) is 0 Å². The summed E-state index contributed by atoms with van der Waals surface area (Å²) in [6.45, 7) is 0. The van der Waals surface area contributed by atoms with Crippen molar-refractivity contribution in [2.24, 2.45) is 0 Å². The first kappa shape index (κ1) is 12.1. The third-order valence-corrected chi connectivity index (χ3v) is 4.21. The smallest absolute Gasteiger partial charge is 0.283 e. The highest BCUT2D eigenvalue weighted by atomic mass is 35.5. The van der Waals surface area contributed by atoms with Crippen LogP contribution in [-0.4, -0.2) is 13.0 Å². The van der Waals surface area contributed by atoms with Gasteiger partial charge in [-0.05, 0) is 12.1 Å². The Balaban J connectivity index is 3.31. The molecule has 7 heteroatoms. The summed E-state index contributed by atoms with van der Waals surface area (Å²) in [5.74, 6) is 0. The lowest BCUT2D eigenvalue weighted by molar-refractivity contribution is 0.475. The van der Waals surface area contributed by atoms with Crippen molar-refractivity contribution < 1.29 is 13.0 Å². The first-order valence-corrected chi connectivity index (χ1v) is 5.93. The van der Waals surface area contributed by atoms with E-state index in [9.17, 15) is 8.42 Å². The van der Waals surface area contributed by atoms with Crippen LogP contribution in [0, 0.1) is 0 Å². The van der Waals surface area contributed by atoms with Gasteiger partial charge in [0.1, 0.15) is 0 Å². The zero-order valence-electron chi connectivity index (χ0n) is 6.62. The molecule has 1 aromatic carbocycles. The summed E-state index contributed by atoms with van der Waals surface area (Å²) in [4.78, 5) is 0. The highest BCUT2D eigenvalue weighted by Gasteiger charge is 2.40. The van der Waals surface area contributed by atoms with Crippen LogP contribution in [0.1, 0.15) is 5.56 Å². The fraction of sp³-hybridized carbons (Fsp3) is 0.143. The van der Waals surface area contributed by atoms with E-state index in [1.54, 1.807) is 0 Å². The zero-order valence-corrected chi connectivity index (χ0v) is 9.70. The van der Waals surface area contributed by atoms with Crippen LogP contribution in [0.2, 0.25) is 5.02 Å². The first-order chi connectivity index (χ1) is 6.25. The van der Waals surface area contributed by atoms with Gasteiger partial charge in [0, 0.05) is 10.6 Å². The van der Waals surface area contributed by atoms with E-state index in [1.165, 1.54) is 24.3 Å². The van der Waals surface area contributed by atoms with Crippen LogP contribution in [0.15, 0.2) is 24.3 Å². The Hall–Kier alpha value is -0.000000000000000167. The Morgan fingerprint density at radius 3 is 2.29 bits per heavy atom. The molecule has 1 rings (SSSR count). The van der Waals surface area contributed by atoms with Gasteiger partial charge < -0.3 is 0 Å². The van der Waals surface area contributed by atoms with Crippen molar-refractivity contribution in [3.8, 4) is 0 Å².